The molecule has 0 aliphatic heterocycles. The van der Waals surface area contributed by atoms with Gasteiger partial charge in [0.2, 0.25) is 5.91 Å². The summed E-state index contributed by atoms with van der Waals surface area (Å²) in [4.78, 5) is 11.9. The summed E-state index contributed by atoms with van der Waals surface area (Å²) in [6, 6.07) is 6.27. The maximum absolute atomic E-state index is 13.1. The molecule has 2 rings (SSSR count). The minimum atomic E-state index is -0.503. The van der Waals surface area contributed by atoms with Gasteiger partial charge in [-0.1, -0.05) is 12.1 Å². The van der Waals surface area contributed by atoms with Crippen LogP contribution in [0.5, 0.6) is 0 Å². The highest BCUT2D eigenvalue weighted by Crippen LogP contribution is 2.48. The van der Waals surface area contributed by atoms with Crippen LogP contribution in [0.25, 0.3) is 0 Å². The molecule has 0 bridgehead atoms. The molecule has 1 fully saturated rings. The van der Waals surface area contributed by atoms with E-state index in [1.54, 1.807) is 12.1 Å². The quantitative estimate of drug-likeness (QED) is 0.796. The molecule has 1 aliphatic rings. The van der Waals surface area contributed by atoms with Crippen LogP contribution in [0.2, 0.25) is 0 Å². The van der Waals surface area contributed by atoms with Gasteiger partial charge in [0.1, 0.15) is 5.82 Å². The van der Waals surface area contributed by atoms with Crippen molar-refractivity contribution in [3.05, 3.63) is 35.6 Å². The largest absolute Gasteiger partial charge is 0.354 e. The molecule has 1 aromatic carbocycles. The zero-order valence-corrected chi connectivity index (χ0v) is 9.00. The molecule has 0 spiro atoms. The molecule has 3 nitrogen and oxygen atoms in total. The first-order valence-electron chi connectivity index (χ1n) is 5.43. The number of nitrogens with two attached hydrogens (primary N) is 1. The van der Waals surface area contributed by atoms with Crippen LogP contribution in [-0.4, -0.2) is 19.0 Å². The number of rotatable bonds is 4. The monoisotopic (exact) mass is 222 g/mol. The Hall–Kier alpha value is -1.42. The van der Waals surface area contributed by atoms with Crippen LogP contribution in [0.3, 0.4) is 0 Å². The minimum absolute atomic E-state index is 0.0384. The van der Waals surface area contributed by atoms with E-state index in [2.05, 4.69) is 5.32 Å². The highest BCUT2D eigenvalue weighted by Gasteiger charge is 2.51. The molecule has 0 unspecified atom stereocenters. The second kappa shape index (κ2) is 4.22. The van der Waals surface area contributed by atoms with E-state index in [0.29, 0.717) is 13.1 Å². The van der Waals surface area contributed by atoms with Gasteiger partial charge < -0.3 is 11.1 Å². The molecule has 0 atom stereocenters. The molecule has 86 valence electrons. The summed E-state index contributed by atoms with van der Waals surface area (Å²) in [6.45, 7) is 0.890. The number of benzene rings is 1. The summed E-state index contributed by atoms with van der Waals surface area (Å²) in [5.74, 6) is -0.334. The van der Waals surface area contributed by atoms with Crippen molar-refractivity contribution in [2.45, 2.75) is 18.3 Å². The SMILES string of the molecule is NCCNC(=O)C1(c2cccc(F)c2)CC1. The topological polar surface area (TPSA) is 55.1 Å². The van der Waals surface area contributed by atoms with Gasteiger partial charge in [0.05, 0.1) is 5.41 Å². The standard InChI is InChI=1S/C12H15FN2O/c13-10-3-1-2-9(8-10)12(4-5-12)11(16)15-7-6-14/h1-3,8H,4-7,14H2,(H,15,16). The number of hydrogen-bond donors (Lipinski definition) is 2. The minimum Gasteiger partial charge on any atom is -0.354 e. The number of carbonyl (C=O) groups excluding carboxylic acids is 1. The zero-order chi connectivity index (χ0) is 11.6. The summed E-state index contributed by atoms with van der Waals surface area (Å²) in [6.07, 6.45) is 1.57. The second-order valence-electron chi connectivity index (χ2n) is 4.14. The number of carbonyl (C=O) groups is 1. The lowest BCUT2D eigenvalue weighted by atomic mass is 9.95. The molecule has 1 aliphatic carbocycles. The van der Waals surface area contributed by atoms with E-state index >= 15 is 0 Å². The fourth-order valence-corrected chi connectivity index (χ4v) is 1.91. The molecule has 0 heterocycles. The Bertz CT molecular complexity index is 402. The Kier molecular flexibility index (Phi) is 2.92. The molecule has 3 N–H and O–H groups in total. The number of amides is 1. The molecule has 0 saturated heterocycles. The first-order chi connectivity index (χ1) is 7.69. The third-order valence-corrected chi connectivity index (χ3v) is 2.99. The summed E-state index contributed by atoms with van der Waals surface area (Å²) in [5, 5.41) is 2.77. The summed E-state index contributed by atoms with van der Waals surface area (Å²) >= 11 is 0. The van der Waals surface area contributed by atoms with E-state index in [0.717, 1.165) is 18.4 Å². The molecule has 0 radical (unpaired) electrons. The Morgan fingerprint density at radius 3 is 2.81 bits per heavy atom. The van der Waals surface area contributed by atoms with Gasteiger partial charge in [-0.25, -0.2) is 4.39 Å². The van der Waals surface area contributed by atoms with Gasteiger partial charge in [-0.05, 0) is 30.5 Å². The Labute approximate surface area is 93.8 Å². The van der Waals surface area contributed by atoms with E-state index in [1.165, 1.54) is 12.1 Å². The smallest absolute Gasteiger partial charge is 0.230 e. The van der Waals surface area contributed by atoms with Gasteiger partial charge in [-0.3, -0.25) is 4.79 Å². The van der Waals surface area contributed by atoms with Crippen LogP contribution in [0.1, 0.15) is 18.4 Å². The number of nitrogens with one attached hydrogen (secondary N) is 1. The van der Waals surface area contributed by atoms with Crippen molar-refractivity contribution in [2.24, 2.45) is 5.73 Å². The first kappa shape index (κ1) is 11.1. The van der Waals surface area contributed by atoms with Crippen LogP contribution in [0, 0.1) is 5.82 Å². The third kappa shape index (κ3) is 1.93. The molecule has 16 heavy (non-hydrogen) atoms. The van der Waals surface area contributed by atoms with Gasteiger partial charge in [0, 0.05) is 13.1 Å². The van der Waals surface area contributed by atoms with Crippen molar-refractivity contribution in [3.8, 4) is 0 Å². The van der Waals surface area contributed by atoms with Crippen molar-refractivity contribution < 1.29 is 9.18 Å². The van der Waals surface area contributed by atoms with E-state index in [1.807, 2.05) is 0 Å². The fourth-order valence-electron chi connectivity index (χ4n) is 1.91. The molecular weight excluding hydrogens is 207 g/mol. The van der Waals surface area contributed by atoms with Crippen molar-refractivity contribution in [2.75, 3.05) is 13.1 Å². The molecule has 1 amide bonds. The third-order valence-electron chi connectivity index (χ3n) is 2.99. The van der Waals surface area contributed by atoms with E-state index < -0.39 is 5.41 Å². The van der Waals surface area contributed by atoms with Crippen LogP contribution >= 0.6 is 0 Å². The average Bonchev–Trinajstić information content (AvgIpc) is 3.07. The lowest BCUT2D eigenvalue weighted by molar-refractivity contribution is -0.123. The van der Waals surface area contributed by atoms with Crippen molar-refractivity contribution in [1.82, 2.24) is 5.32 Å². The molecule has 1 saturated carbocycles. The van der Waals surface area contributed by atoms with Crippen LogP contribution in [0.4, 0.5) is 4.39 Å². The Morgan fingerprint density at radius 2 is 2.25 bits per heavy atom. The van der Waals surface area contributed by atoms with Gasteiger partial charge >= 0.3 is 0 Å². The van der Waals surface area contributed by atoms with Crippen molar-refractivity contribution in [1.29, 1.82) is 0 Å². The fraction of sp³-hybridized carbons (Fsp3) is 0.417. The van der Waals surface area contributed by atoms with Gasteiger partial charge in [-0.15, -0.1) is 0 Å². The van der Waals surface area contributed by atoms with Crippen LogP contribution < -0.4 is 11.1 Å². The van der Waals surface area contributed by atoms with E-state index in [9.17, 15) is 9.18 Å². The lowest BCUT2D eigenvalue weighted by Gasteiger charge is -2.15. The highest BCUT2D eigenvalue weighted by molar-refractivity contribution is 5.91. The molecule has 1 aromatic rings. The Balaban J connectivity index is 2.16. The predicted octanol–water partition coefficient (Wildman–Crippen LogP) is 0.932. The number of hydrogen-bond acceptors (Lipinski definition) is 2. The van der Waals surface area contributed by atoms with Crippen molar-refractivity contribution in [3.63, 3.8) is 0 Å². The second-order valence-corrected chi connectivity index (χ2v) is 4.14. The van der Waals surface area contributed by atoms with Crippen LogP contribution in [-0.2, 0) is 10.2 Å². The summed E-state index contributed by atoms with van der Waals surface area (Å²) in [5.41, 5.74) is 5.59. The maximum Gasteiger partial charge on any atom is 0.230 e. The van der Waals surface area contributed by atoms with E-state index in [4.69, 9.17) is 5.73 Å². The predicted molar refractivity (Wildman–Crippen MR) is 59.4 cm³/mol. The van der Waals surface area contributed by atoms with Crippen LogP contribution in [0.15, 0.2) is 24.3 Å². The molecular formula is C12H15FN2O. The first-order valence-corrected chi connectivity index (χ1v) is 5.43. The molecule has 4 heteroatoms. The normalized spacial score (nSPS) is 16.9. The number of halogens is 1. The Morgan fingerprint density at radius 1 is 1.50 bits per heavy atom. The lowest BCUT2D eigenvalue weighted by Crippen LogP contribution is -2.37. The van der Waals surface area contributed by atoms with Crippen molar-refractivity contribution >= 4 is 5.91 Å². The maximum atomic E-state index is 13.1. The summed E-state index contributed by atoms with van der Waals surface area (Å²) < 4.78 is 13.1. The zero-order valence-electron chi connectivity index (χ0n) is 9.00. The van der Waals surface area contributed by atoms with Gasteiger partial charge in [0.15, 0.2) is 0 Å². The van der Waals surface area contributed by atoms with Gasteiger partial charge in [0.25, 0.3) is 0 Å². The van der Waals surface area contributed by atoms with E-state index in [-0.39, 0.29) is 11.7 Å². The van der Waals surface area contributed by atoms with Gasteiger partial charge in [-0.2, -0.15) is 0 Å². The average molecular weight is 222 g/mol. The summed E-state index contributed by atoms with van der Waals surface area (Å²) in [7, 11) is 0. The molecule has 0 aromatic heterocycles. The highest BCUT2D eigenvalue weighted by atomic mass is 19.1.